The van der Waals surface area contributed by atoms with E-state index in [-0.39, 0.29) is 0 Å². The summed E-state index contributed by atoms with van der Waals surface area (Å²) in [5, 5.41) is 0.596. The molecule has 2 nitrogen and oxygen atoms in total. The van der Waals surface area contributed by atoms with Crippen LogP contribution in [0.1, 0.15) is 17.2 Å². The smallest absolute Gasteiger partial charge is 0.124 e. The Morgan fingerprint density at radius 1 is 1.17 bits per heavy atom. The zero-order valence-corrected chi connectivity index (χ0v) is 12.5. The van der Waals surface area contributed by atoms with Crippen molar-refractivity contribution in [2.45, 2.75) is 6.04 Å². The van der Waals surface area contributed by atoms with Crippen molar-refractivity contribution in [1.29, 1.82) is 0 Å². The minimum atomic E-state index is -0.421. The summed E-state index contributed by atoms with van der Waals surface area (Å²) in [6.45, 7) is 0. The van der Waals surface area contributed by atoms with E-state index in [0.717, 1.165) is 11.1 Å². The quantitative estimate of drug-likeness (QED) is 0.884. The second-order valence-electron chi connectivity index (χ2n) is 3.64. The number of nitrogens with two attached hydrogens (primary N) is 1. The number of thiophene rings is 1. The normalized spacial score (nSPS) is 12.5. The number of benzene rings is 1. The molecule has 0 aliphatic rings. The first-order chi connectivity index (χ1) is 8.52. The van der Waals surface area contributed by atoms with Gasteiger partial charge < -0.3 is 10.5 Å². The van der Waals surface area contributed by atoms with E-state index in [4.69, 9.17) is 45.3 Å². The van der Waals surface area contributed by atoms with Crippen molar-refractivity contribution in [2.24, 2.45) is 5.73 Å². The van der Waals surface area contributed by atoms with Crippen molar-refractivity contribution >= 4 is 46.1 Å². The summed E-state index contributed by atoms with van der Waals surface area (Å²) in [6.07, 6.45) is 0. The maximum atomic E-state index is 6.20. The topological polar surface area (TPSA) is 35.2 Å². The summed E-state index contributed by atoms with van der Waals surface area (Å²) < 4.78 is 6.46. The molecule has 1 heterocycles. The molecule has 0 bridgehead atoms. The Morgan fingerprint density at radius 3 is 2.44 bits per heavy atom. The molecule has 96 valence electrons. The zero-order chi connectivity index (χ0) is 13.3. The van der Waals surface area contributed by atoms with Gasteiger partial charge in [-0.1, -0.05) is 34.8 Å². The third kappa shape index (κ3) is 2.76. The third-order valence-electron chi connectivity index (χ3n) is 2.54. The van der Waals surface area contributed by atoms with Crippen molar-refractivity contribution in [1.82, 2.24) is 0 Å². The van der Waals surface area contributed by atoms with Gasteiger partial charge in [-0.2, -0.15) is 0 Å². The van der Waals surface area contributed by atoms with Crippen LogP contribution in [0.4, 0.5) is 0 Å². The lowest BCUT2D eigenvalue weighted by Crippen LogP contribution is -2.12. The second-order valence-corrected chi connectivity index (χ2v) is 6.37. The van der Waals surface area contributed by atoms with Gasteiger partial charge in [-0.3, -0.25) is 0 Å². The Balaban J connectivity index is 2.48. The highest BCUT2D eigenvalue weighted by Crippen LogP contribution is 2.39. The summed E-state index contributed by atoms with van der Waals surface area (Å²) in [4.78, 5) is 0. The van der Waals surface area contributed by atoms with Gasteiger partial charge in [0.15, 0.2) is 0 Å². The third-order valence-corrected chi connectivity index (χ3v) is 4.30. The summed E-state index contributed by atoms with van der Waals surface area (Å²) >= 11 is 19.3. The molecule has 1 aromatic carbocycles. The minimum absolute atomic E-state index is 0.421. The average Bonchev–Trinajstić information content (AvgIpc) is 2.67. The van der Waals surface area contributed by atoms with Crippen LogP contribution in [0.2, 0.25) is 13.7 Å². The van der Waals surface area contributed by atoms with E-state index in [2.05, 4.69) is 0 Å². The van der Waals surface area contributed by atoms with Gasteiger partial charge in [0.25, 0.3) is 0 Å². The Kier molecular flexibility index (Phi) is 4.41. The first-order valence-corrected chi connectivity index (χ1v) is 7.01. The molecule has 1 aromatic heterocycles. The SMILES string of the molecule is COc1ccc(Cl)cc1C(N)c1cc(Cl)sc1Cl. The van der Waals surface area contributed by atoms with Gasteiger partial charge in [-0.05, 0) is 24.3 Å². The van der Waals surface area contributed by atoms with Crippen LogP contribution >= 0.6 is 46.1 Å². The molecule has 0 aliphatic carbocycles. The molecule has 2 rings (SSSR count). The zero-order valence-electron chi connectivity index (χ0n) is 9.41. The van der Waals surface area contributed by atoms with Crippen LogP contribution < -0.4 is 10.5 Å². The lowest BCUT2D eigenvalue weighted by molar-refractivity contribution is 0.408. The van der Waals surface area contributed by atoms with Gasteiger partial charge in [0.05, 0.1) is 21.8 Å². The summed E-state index contributed by atoms with van der Waals surface area (Å²) in [7, 11) is 1.58. The number of rotatable bonds is 3. The molecule has 2 aromatic rings. The number of methoxy groups -OCH3 is 1. The number of halogens is 3. The first kappa shape index (κ1) is 14.0. The maximum absolute atomic E-state index is 6.20. The fourth-order valence-corrected chi connectivity index (χ4v) is 3.41. The number of ether oxygens (including phenoxy) is 1. The van der Waals surface area contributed by atoms with E-state index in [1.807, 2.05) is 0 Å². The van der Waals surface area contributed by atoms with Crippen molar-refractivity contribution in [3.8, 4) is 5.75 Å². The molecule has 0 radical (unpaired) electrons. The highest BCUT2D eigenvalue weighted by molar-refractivity contribution is 7.20. The van der Waals surface area contributed by atoms with E-state index < -0.39 is 6.04 Å². The number of hydrogen-bond acceptors (Lipinski definition) is 3. The molecule has 0 amide bonds. The van der Waals surface area contributed by atoms with Gasteiger partial charge in [0, 0.05) is 16.1 Å². The largest absolute Gasteiger partial charge is 0.496 e. The molecule has 0 saturated carbocycles. The van der Waals surface area contributed by atoms with E-state index in [9.17, 15) is 0 Å². The summed E-state index contributed by atoms with van der Waals surface area (Å²) in [6, 6.07) is 6.64. The van der Waals surface area contributed by atoms with Crippen LogP contribution in [-0.2, 0) is 0 Å². The lowest BCUT2D eigenvalue weighted by Gasteiger charge is -2.15. The fourth-order valence-electron chi connectivity index (χ4n) is 1.68. The van der Waals surface area contributed by atoms with Gasteiger partial charge >= 0.3 is 0 Å². The van der Waals surface area contributed by atoms with Gasteiger partial charge in [0.2, 0.25) is 0 Å². The summed E-state index contributed by atoms with van der Waals surface area (Å²) in [5.41, 5.74) is 7.75. The van der Waals surface area contributed by atoms with Crippen LogP contribution in [-0.4, -0.2) is 7.11 Å². The average molecular weight is 323 g/mol. The van der Waals surface area contributed by atoms with Crippen LogP contribution in [0.5, 0.6) is 5.75 Å². The molecular weight excluding hydrogens is 313 g/mol. The highest BCUT2D eigenvalue weighted by Gasteiger charge is 2.19. The maximum Gasteiger partial charge on any atom is 0.124 e. The highest BCUT2D eigenvalue weighted by atomic mass is 35.5. The Hall–Kier alpha value is -0.450. The van der Waals surface area contributed by atoms with Gasteiger partial charge in [0.1, 0.15) is 5.75 Å². The standard InChI is InChI=1S/C12H10Cl3NOS/c1-17-9-3-2-6(13)4-7(9)11(16)8-5-10(14)18-12(8)15/h2-5,11H,16H2,1H3. The predicted octanol–water partition coefficient (Wildman–Crippen LogP) is 4.77. The van der Waals surface area contributed by atoms with Crippen LogP contribution in [0.15, 0.2) is 24.3 Å². The first-order valence-electron chi connectivity index (χ1n) is 5.06. The van der Waals surface area contributed by atoms with E-state index in [0.29, 0.717) is 19.4 Å². The molecule has 0 saturated heterocycles. The summed E-state index contributed by atoms with van der Waals surface area (Å²) in [5.74, 6) is 0.672. The van der Waals surface area contributed by atoms with Crippen LogP contribution in [0, 0.1) is 0 Å². The Labute approximate surface area is 124 Å². The predicted molar refractivity (Wildman–Crippen MR) is 78.4 cm³/mol. The van der Waals surface area contributed by atoms with Gasteiger partial charge in [-0.15, -0.1) is 11.3 Å². The molecule has 18 heavy (non-hydrogen) atoms. The molecule has 0 spiro atoms. The van der Waals surface area contributed by atoms with Crippen LogP contribution in [0.3, 0.4) is 0 Å². The molecule has 6 heteroatoms. The molecule has 1 atom stereocenters. The molecule has 0 fully saturated rings. The van der Waals surface area contributed by atoms with E-state index in [1.165, 1.54) is 11.3 Å². The van der Waals surface area contributed by atoms with Crippen molar-refractivity contribution in [2.75, 3.05) is 7.11 Å². The monoisotopic (exact) mass is 321 g/mol. The van der Waals surface area contributed by atoms with Crippen LogP contribution in [0.25, 0.3) is 0 Å². The second kappa shape index (κ2) is 5.68. The number of hydrogen-bond donors (Lipinski definition) is 1. The van der Waals surface area contributed by atoms with E-state index >= 15 is 0 Å². The molecule has 0 aliphatic heterocycles. The molecule has 1 unspecified atom stereocenters. The van der Waals surface area contributed by atoms with Crippen molar-refractivity contribution in [3.05, 3.63) is 49.1 Å². The minimum Gasteiger partial charge on any atom is -0.496 e. The molecule has 2 N–H and O–H groups in total. The lowest BCUT2D eigenvalue weighted by atomic mass is 10.0. The Bertz CT molecular complexity index is 570. The molecular formula is C12H10Cl3NOS. The fraction of sp³-hybridized carbons (Fsp3) is 0.167. The van der Waals surface area contributed by atoms with Crippen molar-refractivity contribution in [3.63, 3.8) is 0 Å². The van der Waals surface area contributed by atoms with E-state index in [1.54, 1.807) is 31.4 Å². The van der Waals surface area contributed by atoms with Gasteiger partial charge in [-0.25, -0.2) is 0 Å². The van der Waals surface area contributed by atoms with Crippen molar-refractivity contribution < 1.29 is 4.74 Å². The Morgan fingerprint density at radius 2 is 1.89 bits per heavy atom.